The van der Waals surface area contributed by atoms with Crippen molar-refractivity contribution in [3.63, 3.8) is 0 Å². The highest BCUT2D eigenvalue weighted by molar-refractivity contribution is 5.87. The third-order valence-electron chi connectivity index (χ3n) is 3.85. The van der Waals surface area contributed by atoms with Crippen molar-refractivity contribution in [2.75, 3.05) is 6.61 Å². The van der Waals surface area contributed by atoms with Crippen molar-refractivity contribution in [1.29, 1.82) is 0 Å². The highest BCUT2D eigenvalue weighted by Crippen LogP contribution is 2.14. The predicted molar refractivity (Wildman–Crippen MR) is 123 cm³/mol. The summed E-state index contributed by atoms with van der Waals surface area (Å²) in [5, 5.41) is 13.7. The highest BCUT2D eigenvalue weighted by atomic mass is 16.6. The molecule has 2 atom stereocenters. The number of rotatable bonds is 12. The zero-order valence-corrected chi connectivity index (χ0v) is 21.5. The molecule has 0 aliphatic carbocycles. The van der Waals surface area contributed by atoms with E-state index >= 15 is 0 Å². The zero-order valence-electron chi connectivity index (χ0n) is 21.5. The fourth-order valence-corrected chi connectivity index (χ4v) is 2.50. The smallest absolute Gasteiger partial charge is 0.329 e. The minimum absolute atomic E-state index is 0.0438. The molecule has 11 nitrogen and oxygen atoms in total. The number of carbonyl (C=O) groups excluding carboxylic acids is 4. The number of urea groups is 1. The molecule has 0 heterocycles. The fraction of sp³-hybridized carbons (Fsp3) is 0.783. The molecule has 3 N–H and O–H groups in total. The van der Waals surface area contributed by atoms with Gasteiger partial charge in [0.25, 0.3) is 0 Å². The van der Waals surface area contributed by atoms with Crippen LogP contribution in [0.1, 0.15) is 81.1 Å². The summed E-state index contributed by atoms with van der Waals surface area (Å²) in [6, 6.07) is -3.35. The summed E-state index contributed by atoms with van der Waals surface area (Å²) in [5.41, 5.74) is -1.55. The number of esters is 3. The Kier molecular flexibility index (Phi) is 12.6. The number of hydrogen-bond acceptors (Lipinski definition) is 8. The van der Waals surface area contributed by atoms with E-state index in [1.54, 1.807) is 41.5 Å². The van der Waals surface area contributed by atoms with Gasteiger partial charge in [-0.1, -0.05) is 13.8 Å². The molecule has 0 rings (SSSR count). The Labute approximate surface area is 201 Å². The first-order valence-electron chi connectivity index (χ1n) is 11.3. The standard InChI is InChI=1S/C23H40N2O9/c1-14(2)13-32-19(29)15(9-11-17(26)27)24-21(31)25-16(20(30)34-23(6,7)8)10-12-18(28)33-22(3,4)5/h14-16H,9-13H2,1-8H3,(H,26,27)(H2,24,25,31)/t15-,16-/m0/s1. The van der Waals surface area contributed by atoms with Crippen LogP contribution in [0.2, 0.25) is 0 Å². The first-order chi connectivity index (χ1) is 15.4. The summed E-state index contributed by atoms with van der Waals surface area (Å²) >= 11 is 0. The molecule has 0 unspecified atom stereocenters. The normalized spacial score (nSPS) is 13.4. The maximum absolute atomic E-state index is 12.6. The van der Waals surface area contributed by atoms with Gasteiger partial charge in [-0.25, -0.2) is 14.4 Å². The number of nitrogens with one attached hydrogen (secondary N) is 2. The van der Waals surface area contributed by atoms with Crippen molar-refractivity contribution >= 4 is 29.9 Å². The molecule has 0 aromatic rings. The van der Waals surface area contributed by atoms with Gasteiger partial charge in [-0.3, -0.25) is 9.59 Å². The summed E-state index contributed by atoms with van der Waals surface area (Å²) in [5.74, 6) is -3.21. The SMILES string of the molecule is CC(C)COC(=O)[C@H](CCC(=O)O)NC(=O)N[C@@H](CCC(=O)OC(C)(C)C)C(=O)OC(C)(C)C. The van der Waals surface area contributed by atoms with Crippen molar-refractivity contribution in [2.24, 2.45) is 5.92 Å². The molecule has 11 heteroatoms. The zero-order chi connectivity index (χ0) is 26.7. The molecule has 0 aliphatic heterocycles. The van der Waals surface area contributed by atoms with E-state index in [1.807, 2.05) is 13.8 Å². The molecule has 2 amide bonds. The molecule has 34 heavy (non-hydrogen) atoms. The number of carboxylic acids is 1. The van der Waals surface area contributed by atoms with Crippen LogP contribution in [-0.4, -0.2) is 64.9 Å². The molecule has 0 spiro atoms. The van der Waals surface area contributed by atoms with Crippen molar-refractivity contribution < 1.29 is 43.3 Å². The topological polar surface area (TPSA) is 157 Å². The summed E-state index contributed by atoms with van der Waals surface area (Å²) in [6.07, 6.45) is -0.847. The van der Waals surface area contributed by atoms with E-state index in [-0.39, 0.29) is 38.2 Å². The fourth-order valence-electron chi connectivity index (χ4n) is 2.50. The van der Waals surface area contributed by atoms with Gasteiger partial charge in [0.1, 0.15) is 23.3 Å². The van der Waals surface area contributed by atoms with Crippen LogP contribution in [-0.2, 0) is 33.4 Å². The van der Waals surface area contributed by atoms with Gasteiger partial charge in [0.15, 0.2) is 0 Å². The van der Waals surface area contributed by atoms with Crippen LogP contribution in [0.5, 0.6) is 0 Å². The molecule has 0 bridgehead atoms. The van der Waals surface area contributed by atoms with Gasteiger partial charge in [0, 0.05) is 12.8 Å². The largest absolute Gasteiger partial charge is 0.481 e. The first-order valence-corrected chi connectivity index (χ1v) is 11.3. The average Bonchev–Trinajstić information content (AvgIpc) is 2.63. The maximum Gasteiger partial charge on any atom is 0.329 e. The molecule has 196 valence electrons. The van der Waals surface area contributed by atoms with Crippen molar-refractivity contribution in [1.82, 2.24) is 10.6 Å². The van der Waals surface area contributed by atoms with E-state index in [9.17, 15) is 24.0 Å². The Morgan fingerprint density at radius 1 is 0.765 bits per heavy atom. The Hall–Kier alpha value is -2.85. The minimum atomic E-state index is -1.24. The highest BCUT2D eigenvalue weighted by Gasteiger charge is 2.30. The van der Waals surface area contributed by atoms with E-state index in [2.05, 4.69) is 10.6 Å². The Morgan fingerprint density at radius 2 is 1.24 bits per heavy atom. The monoisotopic (exact) mass is 488 g/mol. The van der Waals surface area contributed by atoms with Gasteiger partial charge in [0.2, 0.25) is 0 Å². The van der Waals surface area contributed by atoms with Crippen LogP contribution in [0.3, 0.4) is 0 Å². The van der Waals surface area contributed by atoms with Gasteiger partial charge in [-0.2, -0.15) is 0 Å². The number of amides is 2. The number of ether oxygens (including phenoxy) is 3. The average molecular weight is 489 g/mol. The van der Waals surface area contributed by atoms with E-state index in [4.69, 9.17) is 19.3 Å². The van der Waals surface area contributed by atoms with Crippen LogP contribution < -0.4 is 10.6 Å². The molecule has 0 saturated carbocycles. The molecule has 0 saturated heterocycles. The second kappa shape index (κ2) is 13.8. The Bertz CT molecular complexity index is 721. The molecule has 0 aromatic heterocycles. The number of carboxylic acid groups (broad SMARTS) is 1. The summed E-state index contributed by atoms with van der Waals surface area (Å²) < 4.78 is 15.7. The quantitative estimate of drug-likeness (QED) is 0.277. The Morgan fingerprint density at radius 3 is 1.68 bits per heavy atom. The van der Waals surface area contributed by atoms with E-state index in [1.165, 1.54) is 0 Å². The number of hydrogen-bond donors (Lipinski definition) is 3. The van der Waals surface area contributed by atoms with E-state index in [0.717, 1.165) is 0 Å². The lowest BCUT2D eigenvalue weighted by Crippen LogP contribution is -2.52. The molecule has 0 aliphatic rings. The lowest BCUT2D eigenvalue weighted by molar-refractivity contribution is -0.158. The number of aliphatic carboxylic acids is 1. The maximum atomic E-state index is 12.6. The second-order valence-corrected chi connectivity index (χ2v) is 10.3. The van der Waals surface area contributed by atoms with Gasteiger partial charge >= 0.3 is 29.9 Å². The second-order valence-electron chi connectivity index (χ2n) is 10.3. The van der Waals surface area contributed by atoms with E-state index < -0.39 is 53.2 Å². The summed E-state index contributed by atoms with van der Waals surface area (Å²) in [4.78, 5) is 60.6. The summed E-state index contributed by atoms with van der Waals surface area (Å²) in [6.45, 7) is 13.8. The molecular formula is C23H40N2O9. The number of carbonyl (C=O) groups is 5. The van der Waals surface area contributed by atoms with Gasteiger partial charge in [0.05, 0.1) is 6.61 Å². The van der Waals surface area contributed by atoms with Gasteiger partial charge < -0.3 is 30.0 Å². The molecule has 0 fully saturated rings. The lowest BCUT2D eigenvalue weighted by atomic mass is 10.1. The van der Waals surface area contributed by atoms with Crippen LogP contribution >= 0.6 is 0 Å². The first kappa shape index (κ1) is 31.1. The third-order valence-corrected chi connectivity index (χ3v) is 3.85. The van der Waals surface area contributed by atoms with Crippen molar-refractivity contribution in [3.8, 4) is 0 Å². The molecule has 0 radical (unpaired) electrons. The van der Waals surface area contributed by atoms with Crippen molar-refractivity contribution in [3.05, 3.63) is 0 Å². The van der Waals surface area contributed by atoms with Crippen LogP contribution in [0.4, 0.5) is 4.79 Å². The Balaban J connectivity index is 5.35. The summed E-state index contributed by atoms with van der Waals surface area (Å²) in [7, 11) is 0. The third kappa shape index (κ3) is 15.9. The van der Waals surface area contributed by atoms with Gasteiger partial charge in [-0.05, 0) is 60.3 Å². The van der Waals surface area contributed by atoms with Crippen LogP contribution in [0, 0.1) is 5.92 Å². The van der Waals surface area contributed by atoms with Crippen LogP contribution in [0.25, 0.3) is 0 Å². The molecule has 0 aromatic carbocycles. The predicted octanol–water partition coefficient (Wildman–Crippen LogP) is 2.55. The minimum Gasteiger partial charge on any atom is -0.481 e. The lowest BCUT2D eigenvalue weighted by Gasteiger charge is -2.26. The van der Waals surface area contributed by atoms with Crippen LogP contribution in [0.15, 0.2) is 0 Å². The van der Waals surface area contributed by atoms with Gasteiger partial charge in [-0.15, -0.1) is 0 Å². The molecular weight excluding hydrogens is 448 g/mol. The van der Waals surface area contributed by atoms with E-state index in [0.29, 0.717) is 0 Å². The van der Waals surface area contributed by atoms with Crippen molar-refractivity contribution in [2.45, 2.75) is 104 Å².